The first-order valence-corrected chi connectivity index (χ1v) is 4.84. The van der Waals surface area contributed by atoms with E-state index in [2.05, 4.69) is 16.6 Å². The van der Waals surface area contributed by atoms with Gasteiger partial charge >= 0.3 is 0 Å². The molecule has 0 aliphatic carbocycles. The molecule has 0 saturated carbocycles. The van der Waals surface area contributed by atoms with Crippen molar-refractivity contribution < 1.29 is 4.74 Å². The standard InChI is InChI=1S/C8H14N2OS/c1-3-4-9-6-7-5-8(11-2)10-12-7/h5,9H,3-4,6H2,1-2H3. The number of nitrogens with one attached hydrogen (secondary N) is 1. The van der Waals surface area contributed by atoms with E-state index in [9.17, 15) is 0 Å². The van der Waals surface area contributed by atoms with Gasteiger partial charge in [-0.05, 0) is 24.5 Å². The van der Waals surface area contributed by atoms with E-state index in [1.165, 1.54) is 16.4 Å². The van der Waals surface area contributed by atoms with Crippen LogP contribution >= 0.6 is 11.5 Å². The Hall–Kier alpha value is -0.610. The highest BCUT2D eigenvalue weighted by molar-refractivity contribution is 7.05. The zero-order chi connectivity index (χ0) is 8.81. The van der Waals surface area contributed by atoms with Gasteiger partial charge in [0.15, 0.2) is 0 Å². The van der Waals surface area contributed by atoms with E-state index in [1.807, 2.05) is 6.07 Å². The molecule has 0 unspecified atom stereocenters. The Kier molecular flexibility index (Phi) is 4.04. The third-order valence-corrected chi connectivity index (χ3v) is 2.24. The number of ether oxygens (including phenoxy) is 1. The molecule has 1 aromatic heterocycles. The summed E-state index contributed by atoms with van der Waals surface area (Å²) in [6, 6.07) is 1.97. The molecule has 0 saturated heterocycles. The fraction of sp³-hybridized carbons (Fsp3) is 0.625. The van der Waals surface area contributed by atoms with Gasteiger partial charge in [-0.3, -0.25) is 0 Å². The second-order valence-corrected chi connectivity index (χ2v) is 3.40. The van der Waals surface area contributed by atoms with Crippen LogP contribution in [0.3, 0.4) is 0 Å². The molecule has 1 aromatic rings. The SMILES string of the molecule is CCCNCc1cc(OC)ns1. The average molecular weight is 186 g/mol. The second-order valence-electron chi connectivity index (χ2n) is 2.51. The maximum absolute atomic E-state index is 4.97. The minimum Gasteiger partial charge on any atom is -0.480 e. The number of hydrogen-bond acceptors (Lipinski definition) is 4. The minimum absolute atomic E-state index is 0.716. The molecule has 0 bridgehead atoms. The number of aromatic nitrogens is 1. The van der Waals surface area contributed by atoms with E-state index < -0.39 is 0 Å². The van der Waals surface area contributed by atoms with Crippen LogP contribution in [-0.4, -0.2) is 18.0 Å². The number of nitrogens with zero attached hydrogens (tertiary/aromatic N) is 1. The largest absolute Gasteiger partial charge is 0.480 e. The zero-order valence-corrected chi connectivity index (χ0v) is 8.28. The molecule has 68 valence electrons. The molecule has 0 fully saturated rings. The monoisotopic (exact) mass is 186 g/mol. The number of rotatable bonds is 5. The van der Waals surface area contributed by atoms with Crippen molar-refractivity contribution in [1.29, 1.82) is 0 Å². The first-order chi connectivity index (χ1) is 5.86. The van der Waals surface area contributed by atoms with Crippen LogP contribution in [0, 0.1) is 0 Å². The van der Waals surface area contributed by atoms with E-state index in [-0.39, 0.29) is 0 Å². The molecular weight excluding hydrogens is 172 g/mol. The third-order valence-electron chi connectivity index (χ3n) is 1.47. The van der Waals surface area contributed by atoms with Gasteiger partial charge in [0, 0.05) is 17.5 Å². The summed E-state index contributed by atoms with van der Waals surface area (Å²) in [4.78, 5) is 1.22. The van der Waals surface area contributed by atoms with Crippen LogP contribution < -0.4 is 10.1 Å². The molecule has 0 spiro atoms. The van der Waals surface area contributed by atoms with Crippen molar-refractivity contribution in [2.45, 2.75) is 19.9 Å². The van der Waals surface area contributed by atoms with Gasteiger partial charge in [-0.25, -0.2) is 0 Å². The molecular formula is C8H14N2OS. The number of methoxy groups -OCH3 is 1. The Labute approximate surface area is 76.9 Å². The molecule has 0 radical (unpaired) electrons. The molecule has 1 heterocycles. The van der Waals surface area contributed by atoms with Crippen LogP contribution in [0.15, 0.2) is 6.07 Å². The summed E-state index contributed by atoms with van der Waals surface area (Å²) in [5.41, 5.74) is 0. The number of hydrogen-bond donors (Lipinski definition) is 1. The Morgan fingerprint density at radius 3 is 3.08 bits per heavy atom. The van der Waals surface area contributed by atoms with Gasteiger partial charge in [0.2, 0.25) is 5.88 Å². The third kappa shape index (κ3) is 2.79. The van der Waals surface area contributed by atoms with Crippen LogP contribution in [0.1, 0.15) is 18.2 Å². The van der Waals surface area contributed by atoms with Crippen LogP contribution in [0.2, 0.25) is 0 Å². The van der Waals surface area contributed by atoms with Gasteiger partial charge in [0.05, 0.1) is 7.11 Å². The summed E-state index contributed by atoms with van der Waals surface area (Å²) >= 11 is 1.49. The predicted octanol–water partition coefficient (Wildman–Crippen LogP) is 1.65. The molecule has 1 rings (SSSR count). The van der Waals surface area contributed by atoms with E-state index >= 15 is 0 Å². The van der Waals surface area contributed by atoms with E-state index in [4.69, 9.17) is 4.74 Å². The maximum Gasteiger partial charge on any atom is 0.225 e. The Balaban J connectivity index is 2.31. The predicted molar refractivity (Wildman–Crippen MR) is 50.7 cm³/mol. The molecule has 0 aliphatic rings. The van der Waals surface area contributed by atoms with Crippen LogP contribution in [-0.2, 0) is 6.54 Å². The minimum atomic E-state index is 0.716. The molecule has 12 heavy (non-hydrogen) atoms. The summed E-state index contributed by atoms with van der Waals surface area (Å²) < 4.78 is 9.07. The lowest BCUT2D eigenvalue weighted by molar-refractivity contribution is 0.402. The van der Waals surface area contributed by atoms with Crippen molar-refractivity contribution in [3.63, 3.8) is 0 Å². The van der Waals surface area contributed by atoms with Gasteiger partial charge in [-0.2, -0.15) is 4.37 Å². The van der Waals surface area contributed by atoms with Gasteiger partial charge in [0.25, 0.3) is 0 Å². The normalized spacial score (nSPS) is 10.2. The quantitative estimate of drug-likeness (QED) is 0.710. The van der Waals surface area contributed by atoms with Gasteiger partial charge < -0.3 is 10.1 Å². The van der Waals surface area contributed by atoms with Crippen LogP contribution in [0.25, 0.3) is 0 Å². The molecule has 1 N–H and O–H groups in total. The van der Waals surface area contributed by atoms with Crippen molar-refractivity contribution in [3.8, 4) is 5.88 Å². The smallest absolute Gasteiger partial charge is 0.225 e. The van der Waals surface area contributed by atoms with Crippen LogP contribution in [0.4, 0.5) is 0 Å². The molecule has 4 heteroatoms. The maximum atomic E-state index is 4.97. The summed E-state index contributed by atoms with van der Waals surface area (Å²) in [5, 5.41) is 3.30. The van der Waals surface area contributed by atoms with Crippen LogP contribution in [0.5, 0.6) is 5.88 Å². The molecule has 0 atom stereocenters. The van der Waals surface area contributed by atoms with Gasteiger partial charge in [0.1, 0.15) is 0 Å². The lowest BCUT2D eigenvalue weighted by Gasteiger charge is -1.97. The van der Waals surface area contributed by atoms with E-state index in [0.717, 1.165) is 19.5 Å². The molecule has 0 aliphatic heterocycles. The fourth-order valence-corrected chi connectivity index (χ4v) is 1.52. The summed E-state index contributed by atoms with van der Waals surface area (Å²) in [5.74, 6) is 0.716. The first-order valence-electron chi connectivity index (χ1n) is 4.07. The van der Waals surface area contributed by atoms with E-state index in [0.29, 0.717) is 5.88 Å². The Bertz CT molecular complexity index is 225. The lowest BCUT2D eigenvalue weighted by Crippen LogP contribution is -2.12. The first kappa shape index (κ1) is 9.48. The van der Waals surface area contributed by atoms with Crippen molar-refractivity contribution in [2.75, 3.05) is 13.7 Å². The Morgan fingerprint density at radius 1 is 1.67 bits per heavy atom. The highest BCUT2D eigenvalue weighted by Crippen LogP contribution is 2.15. The summed E-state index contributed by atoms with van der Waals surface area (Å²) in [6.45, 7) is 4.11. The van der Waals surface area contributed by atoms with Crippen molar-refractivity contribution in [2.24, 2.45) is 0 Å². The molecule has 0 amide bonds. The van der Waals surface area contributed by atoms with Gasteiger partial charge in [-0.1, -0.05) is 6.92 Å². The van der Waals surface area contributed by atoms with Crippen molar-refractivity contribution in [3.05, 3.63) is 10.9 Å². The lowest BCUT2D eigenvalue weighted by atomic mass is 10.4. The highest BCUT2D eigenvalue weighted by atomic mass is 32.1. The Morgan fingerprint density at radius 2 is 2.50 bits per heavy atom. The van der Waals surface area contributed by atoms with Crippen molar-refractivity contribution >= 4 is 11.5 Å². The topological polar surface area (TPSA) is 34.1 Å². The fourth-order valence-electron chi connectivity index (χ4n) is 0.862. The van der Waals surface area contributed by atoms with Gasteiger partial charge in [-0.15, -0.1) is 0 Å². The average Bonchev–Trinajstić information content (AvgIpc) is 2.53. The zero-order valence-electron chi connectivity index (χ0n) is 7.46. The second kappa shape index (κ2) is 5.11. The van der Waals surface area contributed by atoms with E-state index in [1.54, 1.807) is 7.11 Å². The summed E-state index contributed by atoms with van der Waals surface area (Å²) in [6.07, 6.45) is 1.16. The highest BCUT2D eigenvalue weighted by Gasteiger charge is 1.99. The summed E-state index contributed by atoms with van der Waals surface area (Å²) in [7, 11) is 1.64. The molecule has 3 nitrogen and oxygen atoms in total. The molecule has 0 aromatic carbocycles. The van der Waals surface area contributed by atoms with Crippen molar-refractivity contribution in [1.82, 2.24) is 9.69 Å².